The minimum absolute atomic E-state index is 0.390. The van der Waals surface area contributed by atoms with E-state index in [0.29, 0.717) is 12.1 Å². The van der Waals surface area contributed by atoms with Gasteiger partial charge in [0, 0.05) is 0 Å². The van der Waals surface area contributed by atoms with Gasteiger partial charge in [-0.05, 0) is 12.1 Å². The second-order valence-corrected chi connectivity index (χ2v) is 2.63. The Labute approximate surface area is 74.9 Å². The normalized spacial score (nSPS) is 11.8. The van der Waals surface area contributed by atoms with Crippen LogP contribution in [0.3, 0.4) is 0 Å². The largest absolute Gasteiger partial charge is 0.419 e. The van der Waals surface area contributed by atoms with Crippen molar-refractivity contribution < 1.29 is 22.0 Å². The van der Waals surface area contributed by atoms with Crippen molar-refractivity contribution in [2.45, 2.75) is 6.18 Å². The van der Waals surface area contributed by atoms with Crippen LogP contribution in [0.5, 0.6) is 0 Å². The molecule has 1 aromatic rings. The van der Waals surface area contributed by atoms with Gasteiger partial charge in [0.1, 0.15) is 0 Å². The average Bonchev–Trinajstić information content (AvgIpc) is 1.98. The number of hydrogen-bond donors (Lipinski definition) is 0. The average molecular weight is 217 g/mol. The van der Waals surface area contributed by atoms with Crippen molar-refractivity contribution in [3.8, 4) is 0 Å². The predicted molar refractivity (Wildman–Crippen MR) is 36.4 cm³/mol. The third kappa shape index (κ3) is 1.91. The molecule has 0 heterocycles. The standard InChI is InChI=1S/C7H2ClF5/c8-4-2-1-3(7(11,12)13)5(9)6(4)10/h1-2H. The second kappa shape index (κ2) is 3.14. The molecule has 1 rings (SSSR count). The van der Waals surface area contributed by atoms with E-state index in [9.17, 15) is 22.0 Å². The summed E-state index contributed by atoms with van der Waals surface area (Å²) in [7, 11) is 0. The molecule has 0 bridgehead atoms. The van der Waals surface area contributed by atoms with Crippen LogP contribution >= 0.6 is 11.6 Å². The van der Waals surface area contributed by atoms with E-state index < -0.39 is 28.4 Å². The van der Waals surface area contributed by atoms with Gasteiger partial charge in [-0.15, -0.1) is 0 Å². The van der Waals surface area contributed by atoms with Crippen LogP contribution in [0.1, 0.15) is 5.56 Å². The van der Waals surface area contributed by atoms with Crippen LogP contribution in [0.2, 0.25) is 5.02 Å². The van der Waals surface area contributed by atoms with Crippen LogP contribution in [0, 0.1) is 11.6 Å². The molecule has 72 valence electrons. The highest BCUT2D eigenvalue weighted by Gasteiger charge is 2.35. The quantitative estimate of drug-likeness (QED) is 0.459. The molecule has 0 atom stereocenters. The van der Waals surface area contributed by atoms with Gasteiger partial charge >= 0.3 is 6.18 Å². The third-order valence-corrected chi connectivity index (χ3v) is 1.63. The zero-order valence-electron chi connectivity index (χ0n) is 5.92. The lowest BCUT2D eigenvalue weighted by molar-refractivity contribution is -0.140. The van der Waals surface area contributed by atoms with E-state index in [1.165, 1.54) is 0 Å². The summed E-state index contributed by atoms with van der Waals surface area (Å²) in [5.74, 6) is -3.66. The van der Waals surface area contributed by atoms with Gasteiger partial charge < -0.3 is 0 Å². The molecular formula is C7H2ClF5. The summed E-state index contributed by atoms with van der Waals surface area (Å²) in [6, 6.07) is 1.05. The topological polar surface area (TPSA) is 0 Å². The molecule has 0 fully saturated rings. The molecule has 0 saturated heterocycles. The molecule has 0 aliphatic rings. The van der Waals surface area contributed by atoms with E-state index in [1.54, 1.807) is 0 Å². The van der Waals surface area contributed by atoms with Crippen molar-refractivity contribution in [2.24, 2.45) is 0 Å². The van der Waals surface area contributed by atoms with Crippen LogP contribution < -0.4 is 0 Å². The smallest absolute Gasteiger partial charge is 0.203 e. The van der Waals surface area contributed by atoms with Crippen molar-refractivity contribution in [2.75, 3.05) is 0 Å². The summed E-state index contributed by atoms with van der Waals surface area (Å²) < 4.78 is 60.8. The molecule has 0 aromatic heterocycles. The fourth-order valence-corrected chi connectivity index (χ4v) is 0.891. The first-order valence-corrected chi connectivity index (χ1v) is 3.42. The number of hydrogen-bond acceptors (Lipinski definition) is 0. The van der Waals surface area contributed by atoms with E-state index in [-0.39, 0.29) is 0 Å². The number of alkyl halides is 3. The predicted octanol–water partition coefficient (Wildman–Crippen LogP) is 3.64. The Balaban J connectivity index is 3.35. The van der Waals surface area contributed by atoms with E-state index >= 15 is 0 Å². The molecule has 1 aromatic carbocycles. The van der Waals surface area contributed by atoms with Crippen LogP contribution in [0.15, 0.2) is 12.1 Å². The minimum Gasteiger partial charge on any atom is -0.203 e. The van der Waals surface area contributed by atoms with Gasteiger partial charge in [0.25, 0.3) is 0 Å². The molecule has 0 saturated carbocycles. The van der Waals surface area contributed by atoms with E-state index in [1.807, 2.05) is 0 Å². The van der Waals surface area contributed by atoms with Crippen molar-refractivity contribution >= 4 is 11.6 Å². The highest BCUT2D eigenvalue weighted by atomic mass is 35.5. The lowest BCUT2D eigenvalue weighted by atomic mass is 10.2. The Morgan fingerprint density at radius 2 is 1.54 bits per heavy atom. The van der Waals surface area contributed by atoms with Gasteiger partial charge in [-0.1, -0.05) is 11.6 Å². The second-order valence-electron chi connectivity index (χ2n) is 2.22. The Morgan fingerprint density at radius 3 is 2.00 bits per heavy atom. The fourth-order valence-electron chi connectivity index (χ4n) is 0.745. The van der Waals surface area contributed by atoms with Crippen LogP contribution in [0.25, 0.3) is 0 Å². The molecule has 0 N–H and O–H groups in total. The molecular weight excluding hydrogens is 215 g/mol. The minimum atomic E-state index is -4.91. The maximum Gasteiger partial charge on any atom is 0.419 e. The van der Waals surface area contributed by atoms with Crippen molar-refractivity contribution in [1.29, 1.82) is 0 Å². The number of benzene rings is 1. The van der Waals surface area contributed by atoms with Crippen molar-refractivity contribution in [3.05, 3.63) is 34.4 Å². The van der Waals surface area contributed by atoms with Crippen LogP contribution in [0.4, 0.5) is 22.0 Å². The first kappa shape index (κ1) is 10.2. The summed E-state index contributed by atoms with van der Waals surface area (Å²) in [5.41, 5.74) is -1.66. The van der Waals surface area contributed by atoms with Crippen molar-refractivity contribution in [1.82, 2.24) is 0 Å². The monoisotopic (exact) mass is 216 g/mol. The lowest BCUT2D eigenvalue weighted by Crippen LogP contribution is -2.09. The zero-order chi connectivity index (χ0) is 10.2. The Morgan fingerprint density at radius 1 is 1.00 bits per heavy atom. The van der Waals surface area contributed by atoms with Crippen LogP contribution in [-0.2, 0) is 6.18 Å². The summed E-state index contributed by atoms with van der Waals surface area (Å²) in [4.78, 5) is 0. The molecule has 6 heteroatoms. The maximum atomic E-state index is 12.6. The maximum absolute atomic E-state index is 12.6. The summed E-state index contributed by atoms with van der Waals surface area (Å²) in [6.07, 6.45) is -4.91. The molecule has 13 heavy (non-hydrogen) atoms. The summed E-state index contributed by atoms with van der Waals surface area (Å²) >= 11 is 5.05. The Kier molecular flexibility index (Phi) is 2.47. The number of halogens is 6. The van der Waals surface area contributed by atoms with Gasteiger partial charge in [0.05, 0.1) is 10.6 Å². The van der Waals surface area contributed by atoms with Crippen LogP contribution in [-0.4, -0.2) is 0 Å². The lowest BCUT2D eigenvalue weighted by Gasteiger charge is -2.08. The highest BCUT2D eigenvalue weighted by molar-refractivity contribution is 6.30. The van der Waals surface area contributed by atoms with Gasteiger partial charge in [-0.25, -0.2) is 8.78 Å². The molecule has 0 aliphatic carbocycles. The molecule has 0 nitrogen and oxygen atoms in total. The molecule has 0 amide bonds. The summed E-state index contributed by atoms with van der Waals surface area (Å²) in [6.45, 7) is 0. The van der Waals surface area contributed by atoms with E-state index in [0.717, 1.165) is 0 Å². The van der Waals surface area contributed by atoms with Crippen molar-refractivity contribution in [3.63, 3.8) is 0 Å². The number of rotatable bonds is 0. The first-order chi connectivity index (χ1) is 5.84. The highest BCUT2D eigenvalue weighted by Crippen LogP contribution is 2.33. The molecule has 0 radical (unpaired) electrons. The van der Waals surface area contributed by atoms with Gasteiger partial charge in [-0.3, -0.25) is 0 Å². The van der Waals surface area contributed by atoms with E-state index in [4.69, 9.17) is 11.6 Å². The Bertz CT molecular complexity index is 330. The van der Waals surface area contributed by atoms with Gasteiger partial charge in [-0.2, -0.15) is 13.2 Å². The zero-order valence-corrected chi connectivity index (χ0v) is 6.68. The summed E-state index contributed by atoms with van der Waals surface area (Å²) in [5, 5.41) is -0.675. The van der Waals surface area contributed by atoms with Gasteiger partial charge in [0.2, 0.25) is 0 Å². The molecule has 0 unspecified atom stereocenters. The van der Waals surface area contributed by atoms with E-state index in [2.05, 4.69) is 0 Å². The molecule has 0 aliphatic heterocycles. The van der Waals surface area contributed by atoms with Gasteiger partial charge in [0.15, 0.2) is 11.6 Å². The SMILES string of the molecule is Fc1c(Cl)ccc(C(F)(F)F)c1F. The first-order valence-electron chi connectivity index (χ1n) is 3.04. The fraction of sp³-hybridized carbons (Fsp3) is 0.143. The third-order valence-electron chi connectivity index (χ3n) is 1.34. The molecule has 0 spiro atoms. The Hall–Kier alpha value is -0.840.